The topological polar surface area (TPSA) is 67.7 Å². The molecule has 0 aromatic carbocycles. The summed E-state index contributed by atoms with van der Waals surface area (Å²) in [6.07, 6.45) is 0.721. The maximum atomic E-state index is 12.1. The number of rotatable bonds is 5. The minimum atomic E-state index is -2.42. The summed E-state index contributed by atoms with van der Waals surface area (Å²) in [6.45, 7) is 1.45. The fraction of sp³-hybridized carbons (Fsp3) is 0.364. The number of hydrogen-bond acceptors (Lipinski definition) is 5. The molecule has 2 heterocycles. The Labute approximate surface area is 108 Å². The minimum absolute atomic E-state index is 0.329. The molecule has 0 radical (unpaired) electrons. The van der Waals surface area contributed by atoms with Crippen LogP contribution >= 0.6 is 0 Å². The monoisotopic (exact) mass is 268 g/mol. The van der Waals surface area contributed by atoms with E-state index in [0.29, 0.717) is 11.8 Å². The molecule has 0 aliphatic rings. The molecule has 0 saturated heterocycles. The van der Waals surface area contributed by atoms with Gasteiger partial charge in [-0.05, 0) is 13.0 Å². The van der Waals surface area contributed by atoms with Gasteiger partial charge in [-0.2, -0.15) is 10.1 Å². The van der Waals surface area contributed by atoms with E-state index in [0.717, 1.165) is 11.4 Å². The van der Waals surface area contributed by atoms with Crippen LogP contribution in [0.25, 0.3) is 0 Å². The molecule has 6 nitrogen and oxygen atoms in total. The van der Waals surface area contributed by atoms with Crippen molar-refractivity contribution in [2.24, 2.45) is 7.05 Å². The second-order valence-corrected chi connectivity index (χ2v) is 3.93. The molecule has 0 aliphatic carbocycles. The number of anilines is 3. The highest BCUT2D eigenvalue weighted by Crippen LogP contribution is 2.17. The van der Waals surface area contributed by atoms with Crippen LogP contribution in [0.3, 0.4) is 0 Å². The molecule has 0 fully saturated rings. The van der Waals surface area contributed by atoms with Gasteiger partial charge in [-0.15, -0.1) is 0 Å². The zero-order valence-corrected chi connectivity index (χ0v) is 10.6. The number of aromatic nitrogens is 4. The predicted octanol–water partition coefficient (Wildman–Crippen LogP) is 1.94. The second-order valence-electron chi connectivity index (χ2n) is 3.93. The van der Waals surface area contributed by atoms with Crippen molar-refractivity contribution in [2.45, 2.75) is 13.3 Å². The van der Waals surface area contributed by atoms with Crippen LogP contribution in [0.1, 0.15) is 5.69 Å². The summed E-state index contributed by atoms with van der Waals surface area (Å²) in [5.74, 6) is 0.676. The highest BCUT2D eigenvalue weighted by Gasteiger charge is 2.07. The van der Waals surface area contributed by atoms with Crippen molar-refractivity contribution < 1.29 is 8.78 Å². The van der Waals surface area contributed by atoms with Gasteiger partial charge in [0, 0.05) is 13.2 Å². The number of nitrogens with one attached hydrogen (secondary N) is 2. The van der Waals surface area contributed by atoms with Gasteiger partial charge in [0.25, 0.3) is 6.43 Å². The van der Waals surface area contributed by atoms with Crippen LogP contribution in [0.4, 0.5) is 26.2 Å². The van der Waals surface area contributed by atoms with Crippen molar-refractivity contribution in [1.82, 2.24) is 19.7 Å². The van der Waals surface area contributed by atoms with E-state index in [-0.39, 0.29) is 0 Å². The molecule has 102 valence electrons. The Balaban J connectivity index is 2.08. The zero-order chi connectivity index (χ0) is 13.8. The lowest BCUT2D eigenvalue weighted by atomic mass is 10.4. The standard InChI is InChI=1S/C11H14F2N6/c1-7-8(5-16-19(7)2)17-11-14-4-3-10(18-11)15-6-9(12)13/h3-5,9H,6H2,1-2H3,(H2,14,15,17,18). The van der Waals surface area contributed by atoms with Crippen LogP contribution in [0.15, 0.2) is 18.5 Å². The maximum Gasteiger partial charge on any atom is 0.255 e. The van der Waals surface area contributed by atoms with E-state index in [2.05, 4.69) is 25.7 Å². The van der Waals surface area contributed by atoms with Crippen LogP contribution < -0.4 is 10.6 Å². The third-order valence-electron chi connectivity index (χ3n) is 2.57. The number of halogens is 2. The van der Waals surface area contributed by atoms with Gasteiger partial charge in [0.2, 0.25) is 5.95 Å². The molecule has 0 aliphatic heterocycles. The Bertz CT molecular complexity index is 554. The van der Waals surface area contributed by atoms with Crippen LogP contribution in [0, 0.1) is 6.92 Å². The highest BCUT2D eigenvalue weighted by atomic mass is 19.3. The molecule has 8 heteroatoms. The number of hydrogen-bond donors (Lipinski definition) is 2. The van der Waals surface area contributed by atoms with Crippen molar-refractivity contribution >= 4 is 17.5 Å². The van der Waals surface area contributed by atoms with Crippen LogP contribution in [-0.2, 0) is 7.05 Å². The third-order valence-corrected chi connectivity index (χ3v) is 2.57. The molecule has 0 amide bonds. The summed E-state index contributed by atoms with van der Waals surface area (Å²) in [7, 11) is 1.82. The minimum Gasteiger partial charge on any atom is -0.364 e. The molecule has 2 rings (SSSR count). The normalized spacial score (nSPS) is 10.8. The highest BCUT2D eigenvalue weighted by molar-refractivity contribution is 5.56. The molecule has 0 bridgehead atoms. The smallest absolute Gasteiger partial charge is 0.255 e. The van der Waals surface area contributed by atoms with Crippen molar-refractivity contribution in [3.05, 3.63) is 24.2 Å². The summed E-state index contributed by atoms with van der Waals surface area (Å²) in [4.78, 5) is 8.11. The van der Waals surface area contributed by atoms with Crippen molar-refractivity contribution in [3.63, 3.8) is 0 Å². The van der Waals surface area contributed by atoms with Gasteiger partial charge in [-0.1, -0.05) is 0 Å². The lowest BCUT2D eigenvalue weighted by Gasteiger charge is -2.07. The van der Waals surface area contributed by atoms with E-state index >= 15 is 0 Å². The molecule has 2 aromatic rings. The molecule has 2 N–H and O–H groups in total. The first-order chi connectivity index (χ1) is 9.06. The summed E-state index contributed by atoms with van der Waals surface area (Å²) < 4.78 is 25.9. The molecule has 0 unspecified atom stereocenters. The molecular weight excluding hydrogens is 254 g/mol. The molecule has 2 aromatic heterocycles. The van der Waals surface area contributed by atoms with Gasteiger partial charge in [0.1, 0.15) is 5.82 Å². The molecule has 0 spiro atoms. The van der Waals surface area contributed by atoms with E-state index < -0.39 is 13.0 Å². The van der Waals surface area contributed by atoms with E-state index in [1.165, 1.54) is 12.3 Å². The quantitative estimate of drug-likeness (QED) is 0.867. The van der Waals surface area contributed by atoms with Crippen molar-refractivity contribution in [3.8, 4) is 0 Å². The van der Waals surface area contributed by atoms with Crippen LogP contribution in [0.2, 0.25) is 0 Å². The lowest BCUT2D eigenvalue weighted by Crippen LogP contribution is -2.12. The molecule has 19 heavy (non-hydrogen) atoms. The zero-order valence-electron chi connectivity index (χ0n) is 10.6. The van der Waals surface area contributed by atoms with Gasteiger partial charge in [-0.25, -0.2) is 13.8 Å². The Kier molecular flexibility index (Phi) is 3.88. The van der Waals surface area contributed by atoms with E-state index in [1.54, 1.807) is 10.9 Å². The van der Waals surface area contributed by atoms with E-state index in [9.17, 15) is 8.78 Å². The third kappa shape index (κ3) is 3.36. The number of nitrogens with zero attached hydrogens (tertiary/aromatic N) is 4. The summed E-state index contributed by atoms with van der Waals surface area (Å²) >= 11 is 0. The first kappa shape index (κ1) is 13.2. The number of aryl methyl sites for hydroxylation is 1. The largest absolute Gasteiger partial charge is 0.364 e. The van der Waals surface area contributed by atoms with Crippen LogP contribution in [-0.4, -0.2) is 32.7 Å². The Morgan fingerprint density at radius 1 is 1.42 bits per heavy atom. The SMILES string of the molecule is Cc1c(Nc2nccc(NCC(F)F)n2)cnn1C. The predicted molar refractivity (Wildman–Crippen MR) is 67.8 cm³/mol. The molecule has 0 saturated carbocycles. The summed E-state index contributed by atoms with van der Waals surface area (Å²) in [5.41, 5.74) is 1.70. The fourth-order valence-corrected chi connectivity index (χ4v) is 1.44. The Hall–Kier alpha value is -2.25. The Morgan fingerprint density at radius 2 is 2.21 bits per heavy atom. The van der Waals surface area contributed by atoms with E-state index in [1.807, 2.05) is 14.0 Å². The van der Waals surface area contributed by atoms with E-state index in [4.69, 9.17) is 0 Å². The maximum absolute atomic E-state index is 12.1. The van der Waals surface area contributed by atoms with Gasteiger partial charge in [-0.3, -0.25) is 4.68 Å². The molecule has 0 atom stereocenters. The summed E-state index contributed by atoms with van der Waals surface area (Å²) in [5, 5.41) is 9.59. The van der Waals surface area contributed by atoms with Gasteiger partial charge in [0.15, 0.2) is 0 Å². The Morgan fingerprint density at radius 3 is 2.84 bits per heavy atom. The number of alkyl halides is 2. The van der Waals surface area contributed by atoms with Crippen molar-refractivity contribution in [2.75, 3.05) is 17.2 Å². The average molecular weight is 268 g/mol. The second kappa shape index (κ2) is 5.59. The van der Waals surface area contributed by atoms with Crippen molar-refractivity contribution in [1.29, 1.82) is 0 Å². The summed E-state index contributed by atoms with van der Waals surface area (Å²) in [6, 6.07) is 1.53. The average Bonchev–Trinajstić information content (AvgIpc) is 2.69. The van der Waals surface area contributed by atoms with Gasteiger partial charge in [0.05, 0.1) is 24.1 Å². The van der Waals surface area contributed by atoms with Gasteiger partial charge >= 0.3 is 0 Å². The lowest BCUT2D eigenvalue weighted by molar-refractivity contribution is 0.163. The fourth-order valence-electron chi connectivity index (χ4n) is 1.44. The molecular formula is C11H14F2N6. The first-order valence-electron chi connectivity index (χ1n) is 5.67. The van der Waals surface area contributed by atoms with Gasteiger partial charge < -0.3 is 10.6 Å². The first-order valence-corrected chi connectivity index (χ1v) is 5.67. The van der Waals surface area contributed by atoms with Crippen LogP contribution in [0.5, 0.6) is 0 Å².